The Labute approximate surface area is 112 Å². The summed E-state index contributed by atoms with van der Waals surface area (Å²) >= 11 is 1.16. The van der Waals surface area contributed by atoms with Crippen molar-refractivity contribution < 1.29 is 9.59 Å². The average Bonchev–Trinajstić information content (AvgIpc) is 2.83. The van der Waals surface area contributed by atoms with E-state index in [1.165, 1.54) is 19.3 Å². The maximum absolute atomic E-state index is 12.0. The lowest BCUT2D eigenvalue weighted by Crippen LogP contribution is -2.52. The van der Waals surface area contributed by atoms with Crippen molar-refractivity contribution in [3.63, 3.8) is 0 Å². The van der Waals surface area contributed by atoms with Crippen LogP contribution in [0, 0.1) is 5.92 Å². The Bertz CT molecular complexity index is 318. The molecule has 2 amide bonds. The summed E-state index contributed by atoms with van der Waals surface area (Å²) in [5.41, 5.74) is 5.77. The van der Waals surface area contributed by atoms with Gasteiger partial charge in [0.1, 0.15) is 6.04 Å². The molecule has 102 valence electrons. The summed E-state index contributed by atoms with van der Waals surface area (Å²) in [6.45, 7) is 0.476. The fraction of sp³-hybridized carbons (Fsp3) is 0.833. The second-order valence-electron chi connectivity index (χ2n) is 5.04. The van der Waals surface area contributed by atoms with Crippen LogP contribution in [0.5, 0.6) is 0 Å². The van der Waals surface area contributed by atoms with E-state index in [9.17, 15) is 9.59 Å². The Morgan fingerprint density at radius 2 is 2.17 bits per heavy atom. The highest BCUT2D eigenvalue weighted by atomic mass is 32.2. The second kappa shape index (κ2) is 6.43. The maximum atomic E-state index is 12.0. The molecule has 0 spiro atoms. The first-order valence-corrected chi connectivity index (χ1v) is 7.63. The van der Waals surface area contributed by atoms with E-state index >= 15 is 0 Å². The van der Waals surface area contributed by atoms with E-state index in [1.807, 2.05) is 0 Å². The van der Waals surface area contributed by atoms with Gasteiger partial charge in [0.25, 0.3) is 5.24 Å². The van der Waals surface area contributed by atoms with Crippen molar-refractivity contribution >= 4 is 22.9 Å². The van der Waals surface area contributed by atoms with Crippen molar-refractivity contribution in [2.75, 3.05) is 12.3 Å². The Balaban J connectivity index is 1.85. The van der Waals surface area contributed by atoms with Crippen LogP contribution in [0.15, 0.2) is 0 Å². The van der Waals surface area contributed by atoms with Gasteiger partial charge < -0.3 is 16.4 Å². The minimum Gasteiger partial charge on any atom is -0.350 e. The molecule has 0 aromatic carbocycles. The van der Waals surface area contributed by atoms with Gasteiger partial charge in [-0.1, -0.05) is 31.0 Å². The van der Waals surface area contributed by atoms with Crippen molar-refractivity contribution in [1.29, 1.82) is 0 Å². The molecule has 0 bridgehead atoms. The fourth-order valence-electron chi connectivity index (χ4n) is 2.71. The van der Waals surface area contributed by atoms with Crippen LogP contribution in [0.3, 0.4) is 0 Å². The van der Waals surface area contributed by atoms with Crippen LogP contribution in [0.25, 0.3) is 0 Å². The molecule has 1 saturated carbocycles. The highest BCUT2D eigenvalue weighted by Crippen LogP contribution is 2.26. The van der Waals surface area contributed by atoms with E-state index in [-0.39, 0.29) is 23.2 Å². The van der Waals surface area contributed by atoms with Crippen molar-refractivity contribution in [2.24, 2.45) is 11.7 Å². The first-order chi connectivity index (χ1) is 8.70. The van der Waals surface area contributed by atoms with Crippen molar-refractivity contribution in [1.82, 2.24) is 10.6 Å². The molecule has 0 radical (unpaired) electrons. The highest BCUT2D eigenvalue weighted by Gasteiger charge is 2.31. The van der Waals surface area contributed by atoms with Crippen LogP contribution in [0.2, 0.25) is 0 Å². The summed E-state index contributed by atoms with van der Waals surface area (Å²) in [5, 5.41) is 5.55. The third-order valence-electron chi connectivity index (χ3n) is 3.79. The Morgan fingerprint density at radius 1 is 1.44 bits per heavy atom. The number of amides is 2. The Morgan fingerprint density at radius 3 is 2.72 bits per heavy atom. The summed E-state index contributed by atoms with van der Waals surface area (Å²) in [5.74, 6) is 0.930. The van der Waals surface area contributed by atoms with Gasteiger partial charge in [-0.3, -0.25) is 9.59 Å². The number of thioether (sulfide) groups is 1. The summed E-state index contributed by atoms with van der Waals surface area (Å²) in [6, 6.07) is -0.333. The number of carbonyl (C=O) groups is 2. The summed E-state index contributed by atoms with van der Waals surface area (Å²) in [7, 11) is 0. The topological polar surface area (TPSA) is 84.2 Å². The maximum Gasteiger partial charge on any atom is 0.279 e. The quantitative estimate of drug-likeness (QED) is 0.707. The SMILES string of the molecule is NCC(NC(=O)[C@@H]1CSC(=O)N1)C1CCCCC1. The summed E-state index contributed by atoms with van der Waals surface area (Å²) in [6.07, 6.45) is 6.04. The molecule has 2 atom stereocenters. The molecule has 0 aromatic rings. The molecule has 1 heterocycles. The van der Waals surface area contributed by atoms with E-state index in [4.69, 9.17) is 5.73 Å². The molecule has 1 aliphatic heterocycles. The lowest BCUT2D eigenvalue weighted by Gasteiger charge is -2.30. The van der Waals surface area contributed by atoms with Gasteiger partial charge in [-0.15, -0.1) is 0 Å². The number of nitrogens with one attached hydrogen (secondary N) is 2. The van der Waals surface area contributed by atoms with Gasteiger partial charge in [-0.2, -0.15) is 0 Å². The highest BCUT2D eigenvalue weighted by molar-refractivity contribution is 8.14. The van der Waals surface area contributed by atoms with Crippen LogP contribution >= 0.6 is 11.8 Å². The molecular weight excluding hydrogens is 250 g/mol. The first-order valence-electron chi connectivity index (χ1n) is 6.64. The minimum atomic E-state index is -0.389. The van der Waals surface area contributed by atoms with Crippen molar-refractivity contribution in [2.45, 2.75) is 44.2 Å². The lowest BCUT2D eigenvalue weighted by atomic mass is 9.84. The van der Waals surface area contributed by atoms with E-state index in [0.717, 1.165) is 24.6 Å². The van der Waals surface area contributed by atoms with Crippen molar-refractivity contribution in [3.8, 4) is 0 Å². The summed E-state index contributed by atoms with van der Waals surface area (Å²) < 4.78 is 0. The van der Waals surface area contributed by atoms with Gasteiger partial charge in [0.15, 0.2) is 0 Å². The van der Waals surface area contributed by atoms with Crippen LogP contribution < -0.4 is 16.4 Å². The number of rotatable bonds is 4. The molecule has 1 saturated heterocycles. The second-order valence-corrected chi connectivity index (χ2v) is 6.04. The van der Waals surface area contributed by atoms with Crippen LogP contribution in [0.4, 0.5) is 4.79 Å². The monoisotopic (exact) mass is 271 g/mol. The number of carbonyl (C=O) groups excluding carboxylic acids is 2. The molecule has 0 aromatic heterocycles. The molecule has 6 heteroatoms. The van der Waals surface area contributed by atoms with Crippen molar-refractivity contribution in [3.05, 3.63) is 0 Å². The third kappa shape index (κ3) is 3.38. The van der Waals surface area contributed by atoms with Gasteiger partial charge in [-0.05, 0) is 18.8 Å². The van der Waals surface area contributed by atoms with Crippen LogP contribution in [-0.2, 0) is 4.79 Å². The molecule has 2 fully saturated rings. The predicted octanol–water partition coefficient (Wildman–Crippen LogP) is 0.835. The molecule has 1 aliphatic carbocycles. The molecule has 18 heavy (non-hydrogen) atoms. The molecule has 2 rings (SSSR count). The average molecular weight is 271 g/mol. The van der Waals surface area contributed by atoms with E-state index in [2.05, 4.69) is 10.6 Å². The fourth-order valence-corrected chi connectivity index (χ4v) is 3.49. The van der Waals surface area contributed by atoms with Crippen LogP contribution in [0.1, 0.15) is 32.1 Å². The first kappa shape index (κ1) is 13.7. The number of hydrogen-bond acceptors (Lipinski definition) is 4. The molecule has 1 unspecified atom stereocenters. The molecule has 5 nitrogen and oxygen atoms in total. The molecule has 4 N–H and O–H groups in total. The van der Waals surface area contributed by atoms with Gasteiger partial charge >= 0.3 is 0 Å². The van der Waals surface area contributed by atoms with Crippen LogP contribution in [-0.4, -0.2) is 35.5 Å². The smallest absolute Gasteiger partial charge is 0.279 e. The van der Waals surface area contributed by atoms with E-state index in [1.54, 1.807) is 0 Å². The Hall–Kier alpha value is -0.750. The zero-order chi connectivity index (χ0) is 13.0. The van der Waals surface area contributed by atoms with Gasteiger partial charge in [0, 0.05) is 18.3 Å². The number of nitrogens with two attached hydrogens (primary N) is 1. The summed E-state index contributed by atoms with van der Waals surface area (Å²) in [4.78, 5) is 23.1. The normalized spacial score (nSPS) is 26.7. The zero-order valence-electron chi connectivity index (χ0n) is 10.5. The van der Waals surface area contributed by atoms with E-state index in [0.29, 0.717) is 18.2 Å². The van der Waals surface area contributed by atoms with Gasteiger partial charge in [-0.25, -0.2) is 0 Å². The Kier molecular flexibility index (Phi) is 4.88. The third-order valence-corrected chi connectivity index (χ3v) is 4.67. The number of hydrogen-bond donors (Lipinski definition) is 3. The van der Waals surface area contributed by atoms with Gasteiger partial charge in [0.2, 0.25) is 5.91 Å². The predicted molar refractivity (Wildman–Crippen MR) is 72.3 cm³/mol. The minimum absolute atomic E-state index is 0.0558. The van der Waals surface area contributed by atoms with E-state index < -0.39 is 0 Å². The molecular formula is C12H21N3O2S. The standard InChI is InChI=1S/C12H21N3O2S/c13-6-9(8-4-2-1-3-5-8)14-11(16)10-7-18-12(17)15-10/h8-10H,1-7,13H2,(H,14,16)(H,15,17)/t9?,10-/m0/s1. The largest absolute Gasteiger partial charge is 0.350 e. The van der Waals surface area contributed by atoms with Gasteiger partial charge in [0.05, 0.1) is 0 Å². The zero-order valence-corrected chi connectivity index (χ0v) is 11.3. The lowest BCUT2D eigenvalue weighted by molar-refractivity contribution is -0.123. The molecule has 2 aliphatic rings.